The van der Waals surface area contributed by atoms with Crippen LogP contribution in [0.5, 0.6) is 11.5 Å². The van der Waals surface area contributed by atoms with Gasteiger partial charge in [-0.05, 0) is 30.2 Å². The van der Waals surface area contributed by atoms with Gasteiger partial charge in [-0.2, -0.15) is 13.2 Å². The van der Waals surface area contributed by atoms with Crippen LogP contribution in [0.1, 0.15) is 13.8 Å². The van der Waals surface area contributed by atoms with Crippen molar-refractivity contribution in [3.05, 3.63) is 30.5 Å². The highest BCUT2D eigenvalue weighted by Crippen LogP contribution is 2.33. The molecule has 1 amide bonds. The molecule has 3 rings (SSSR count). The van der Waals surface area contributed by atoms with E-state index in [1.807, 2.05) is 5.32 Å². The summed E-state index contributed by atoms with van der Waals surface area (Å²) < 4.78 is 48.2. The summed E-state index contributed by atoms with van der Waals surface area (Å²) in [7, 11) is 0. The van der Waals surface area contributed by atoms with E-state index in [0.29, 0.717) is 41.9 Å². The first kappa shape index (κ1) is 20.7. The first-order chi connectivity index (χ1) is 13.7. The van der Waals surface area contributed by atoms with Crippen LogP contribution >= 0.6 is 0 Å². The molecular formula is C19H21F3N4O3. The summed E-state index contributed by atoms with van der Waals surface area (Å²) >= 11 is 0. The normalized spacial score (nSPS) is 14.4. The topological polar surface area (TPSA) is 85.4 Å². The summed E-state index contributed by atoms with van der Waals surface area (Å²) in [5.74, 6) is 0.904. The van der Waals surface area contributed by atoms with Gasteiger partial charge in [-0.25, -0.2) is 9.97 Å². The molecule has 1 atom stereocenters. The minimum atomic E-state index is -4.47. The zero-order valence-corrected chi connectivity index (χ0v) is 15.9. The second-order valence-electron chi connectivity index (χ2n) is 6.82. The Morgan fingerprint density at radius 3 is 2.59 bits per heavy atom. The van der Waals surface area contributed by atoms with Gasteiger partial charge in [0.2, 0.25) is 5.91 Å². The lowest BCUT2D eigenvalue weighted by Crippen LogP contribution is -2.46. The highest BCUT2D eigenvalue weighted by Gasteiger charge is 2.30. The monoisotopic (exact) mass is 410 g/mol. The third-order valence-corrected chi connectivity index (χ3v) is 4.17. The lowest BCUT2D eigenvalue weighted by atomic mass is 10.0. The summed E-state index contributed by atoms with van der Waals surface area (Å²) in [6, 6.07) is 5.95. The maximum atomic E-state index is 12.4. The predicted molar refractivity (Wildman–Crippen MR) is 99.8 cm³/mol. The van der Waals surface area contributed by atoms with Gasteiger partial charge in [0, 0.05) is 11.8 Å². The lowest BCUT2D eigenvalue weighted by Gasteiger charge is -2.23. The molecule has 1 aromatic heterocycles. The second-order valence-corrected chi connectivity index (χ2v) is 6.82. The van der Waals surface area contributed by atoms with Crippen LogP contribution in [0.2, 0.25) is 0 Å². The number of benzene rings is 1. The zero-order chi connectivity index (χ0) is 21.0. The van der Waals surface area contributed by atoms with Crippen molar-refractivity contribution >= 4 is 11.7 Å². The first-order valence-corrected chi connectivity index (χ1v) is 9.07. The molecule has 0 bridgehead atoms. The number of anilines is 1. The standard InChI is InChI=1S/C19H21F3N4O3/c1-11(2)16(18(27)24-10-19(20,21)22)25-15-5-6-23-17(26-15)12-3-4-13-14(9-12)29-8-7-28-13/h3-6,9,11,16H,7-8,10H2,1-2H3,(H,24,27)(H,23,25,26)/t16-/m1/s1. The van der Waals surface area contributed by atoms with Crippen LogP contribution in [-0.4, -0.2) is 47.9 Å². The van der Waals surface area contributed by atoms with Crippen LogP contribution in [0.15, 0.2) is 30.5 Å². The van der Waals surface area contributed by atoms with Crippen molar-refractivity contribution in [3.8, 4) is 22.9 Å². The Balaban J connectivity index is 1.76. The number of carbonyl (C=O) groups is 1. The maximum absolute atomic E-state index is 12.4. The molecule has 2 aromatic rings. The van der Waals surface area contributed by atoms with E-state index in [9.17, 15) is 18.0 Å². The molecule has 2 N–H and O–H groups in total. The Kier molecular flexibility index (Phi) is 6.09. The molecule has 1 aliphatic heterocycles. The minimum Gasteiger partial charge on any atom is -0.486 e. The van der Waals surface area contributed by atoms with Crippen molar-refractivity contribution in [2.45, 2.75) is 26.1 Å². The van der Waals surface area contributed by atoms with E-state index in [1.54, 1.807) is 38.1 Å². The SMILES string of the molecule is CC(C)[C@@H](Nc1ccnc(-c2ccc3c(c2)OCCO3)n1)C(=O)NCC(F)(F)F. The van der Waals surface area contributed by atoms with Crippen LogP contribution in [0.3, 0.4) is 0 Å². The average Bonchev–Trinajstić information content (AvgIpc) is 2.69. The van der Waals surface area contributed by atoms with Crippen molar-refractivity contribution in [2.24, 2.45) is 5.92 Å². The van der Waals surface area contributed by atoms with Gasteiger partial charge < -0.3 is 20.1 Å². The summed E-state index contributed by atoms with van der Waals surface area (Å²) in [6.07, 6.45) is -2.97. The summed E-state index contributed by atoms with van der Waals surface area (Å²) in [4.78, 5) is 20.8. The van der Waals surface area contributed by atoms with Crippen molar-refractivity contribution in [2.75, 3.05) is 25.1 Å². The Labute approximate surface area is 165 Å². The Morgan fingerprint density at radius 2 is 1.90 bits per heavy atom. The smallest absolute Gasteiger partial charge is 0.405 e. The number of hydrogen-bond acceptors (Lipinski definition) is 6. The van der Waals surface area contributed by atoms with Gasteiger partial charge in [-0.3, -0.25) is 4.79 Å². The number of nitrogens with zero attached hydrogens (tertiary/aromatic N) is 2. The molecular weight excluding hydrogens is 389 g/mol. The highest BCUT2D eigenvalue weighted by atomic mass is 19.4. The number of carbonyl (C=O) groups excluding carboxylic acids is 1. The van der Waals surface area contributed by atoms with Crippen LogP contribution in [0, 0.1) is 5.92 Å². The zero-order valence-electron chi connectivity index (χ0n) is 15.9. The van der Waals surface area contributed by atoms with Gasteiger partial charge >= 0.3 is 6.18 Å². The molecule has 0 radical (unpaired) electrons. The predicted octanol–water partition coefficient (Wildman–Crippen LogP) is 3.03. The lowest BCUT2D eigenvalue weighted by molar-refractivity contribution is -0.139. The van der Waals surface area contributed by atoms with Crippen molar-refractivity contribution in [1.29, 1.82) is 0 Å². The molecule has 0 fully saturated rings. The first-order valence-electron chi connectivity index (χ1n) is 9.07. The average molecular weight is 410 g/mol. The molecule has 0 spiro atoms. The van der Waals surface area contributed by atoms with Gasteiger partial charge in [-0.1, -0.05) is 13.8 Å². The molecule has 156 valence electrons. The molecule has 10 heteroatoms. The molecule has 7 nitrogen and oxygen atoms in total. The second kappa shape index (κ2) is 8.54. The summed E-state index contributed by atoms with van der Waals surface area (Å²) in [5, 5.41) is 4.81. The molecule has 1 aliphatic rings. The van der Waals surface area contributed by atoms with E-state index in [0.717, 1.165) is 0 Å². The molecule has 29 heavy (non-hydrogen) atoms. The fourth-order valence-electron chi connectivity index (χ4n) is 2.75. The summed E-state index contributed by atoms with van der Waals surface area (Å²) in [6.45, 7) is 3.00. The Bertz CT molecular complexity index is 874. The number of ether oxygens (including phenoxy) is 2. The van der Waals surface area contributed by atoms with Gasteiger partial charge in [0.05, 0.1) is 0 Å². The van der Waals surface area contributed by atoms with E-state index >= 15 is 0 Å². The number of hydrogen-bond donors (Lipinski definition) is 2. The van der Waals surface area contributed by atoms with Crippen LogP contribution in [0.4, 0.5) is 19.0 Å². The van der Waals surface area contributed by atoms with Crippen LogP contribution in [0.25, 0.3) is 11.4 Å². The minimum absolute atomic E-state index is 0.268. The molecule has 0 aliphatic carbocycles. The van der Waals surface area contributed by atoms with Crippen molar-refractivity contribution in [1.82, 2.24) is 15.3 Å². The fourth-order valence-corrected chi connectivity index (χ4v) is 2.75. The van der Waals surface area contributed by atoms with Crippen molar-refractivity contribution in [3.63, 3.8) is 0 Å². The van der Waals surface area contributed by atoms with E-state index in [1.165, 1.54) is 6.20 Å². The number of alkyl halides is 3. The van der Waals surface area contributed by atoms with E-state index in [2.05, 4.69) is 15.3 Å². The van der Waals surface area contributed by atoms with E-state index in [4.69, 9.17) is 9.47 Å². The Morgan fingerprint density at radius 1 is 1.17 bits per heavy atom. The van der Waals surface area contributed by atoms with Crippen molar-refractivity contribution < 1.29 is 27.4 Å². The van der Waals surface area contributed by atoms with Crippen LogP contribution < -0.4 is 20.1 Å². The molecule has 0 saturated heterocycles. The van der Waals surface area contributed by atoms with Gasteiger partial charge in [0.15, 0.2) is 17.3 Å². The van der Waals surface area contributed by atoms with E-state index in [-0.39, 0.29) is 5.92 Å². The van der Waals surface area contributed by atoms with Gasteiger partial charge in [-0.15, -0.1) is 0 Å². The molecule has 0 unspecified atom stereocenters. The van der Waals surface area contributed by atoms with E-state index < -0.39 is 24.7 Å². The van der Waals surface area contributed by atoms with Gasteiger partial charge in [0.1, 0.15) is 31.6 Å². The number of aromatic nitrogens is 2. The maximum Gasteiger partial charge on any atom is 0.405 e. The largest absolute Gasteiger partial charge is 0.486 e. The van der Waals surface area contributed by atoms with Crippen LogP contribution in [-0.2, 0) is 4.79 Å². The third kappa shape index (κ3) is 5.49. The molecule has 0 saturated carbocycles. The number of rotatable bonds is 6. The number of amides is 1. The highest BCUT2D eigenvalue weighted by molar-refractivity contribution is 5.84. The Hall–Kier alpha value is -3.04. The number of fused-ring (bicyclic) bond motifs is 1. The summed E-state index contributed by atoms with van der Waals surface area (Å²) in [5.41, 5.74) is 0.681. The van der Waals surface area contributed by atoms with Gasteiger partial charge in [0.25, 0.3) is 0 Å². The third-order valence-electron chi connectivity index (χ3n) is 4.17. The molecule has 2 heterocycles. The quantitative estimate of drug-likeness (QED) is 0.762. The molecule has 1 aromatic carbocycles. The fraction of sp³-hybridized carbons (Fsp3) is 0.421. The number of nitrogens with one attached hydrogen (secondary N) is 2. The number of halogens is 3.